The molecule has 2 heterocycles. The van der Waals surface area contributed by atoms with Crippen molar-refractivity contribution in [2.24, 2.45) is 0 Å². The van der Waals surface area contributed by atoms with Gasteiger partial charge in [-0.15, -0.1) is 11.3 Å². The molecule has 0 aliphatic rings. The molecule has 0 aliphatic carbocycles. The van der Waals surface area contributed by atoms with E-state index in [0.717, 1.165) is 20.8 Å². The minimum Gasteiger partial charge on any atom is -0.456 e. The fourth-order valence-electron chi connectivity index (χ4n) is 3.18. The Bertz CT molecular complexity index is 1380. The first-order valence-electron chi connectivity index (χ1n) is 10.9. The Kier molecular flexibility index (Phi) is 7.28. The van der Waals surface area contributed by atoms with Crippen molar-refractivity contribution in [3.05, 3.63) is 76.6 Å². The van der Waals surface area contributed by atoms with Crippen molar-refractivity contribution in [3.8, 4) is 12.1 Å². The number of aryl methyl sites for hydroxylation is 1. The van der Waals surface area contributed by atoms with Gasteiger partial charge in [0.25, 0.3) is 11.8 Å². The van der Waals surface area contributed by atoms with Gasteiger partial charge in [0.2, 0.25) is 0 Å². The highest BCUT2D eigenvalue weighted by Crippen LogP contribution is 2.22. The molecule has 4 rings (SSSR count). The Labute approximate surface area is 205 Å². The standard InChI is InChI=1S/C25H22N6O3S/c1-3-18(11-26)29-23(32)16-9-8-15(2)20(10-16)31-24(33)17-12-27-25(28-13-17)34-14-22-30-19-6-4-5-7-21(19)35-22/h4-10,12-13,18H,3,14H2,1-2H3,(H,29,32)(H,31,33). The van der Waals surface area contributed by atoms with Gasteiger partial charge in [0, 0.05) is 23.6 Å². The number of amides is 2. The number of hydrogen-bond acceptors (Lipinski definition) is 8. The fraction of sp³-hybridized carbons (Fsp3) is 0.200. The van der Waals surface area contributed by atoms with Crippen LogP contribution < -0.4 is 15.4 Å². The molecule has 0 bridgehead atoms. The first-order valence-corrected chi connectivity index (χ1v) is 11.7. The van der Waals surface area contributed by atoms with E-state index in [-0.39, 0.29) is 24.1 Å². The second-order valence-electron chi connectivity index (χ2n) is 7.67. The average molecular weight is 487 g/mol. The summed E-state index contributed by atoms with van der Waals surface area (Å²) in [6, 6.07) is 14.4. The van der Waals surface area contributed by atoms with Crippen LogP contribution in [0.15, 0.2) is 54.9 Å². The normalized spacial score (nSPS) is 11.5. The lowest BCUT2D eigenvalue weighted by molar-refractivity contribution is 0.0943. The maximum absolute atomic E-state index is 12.7. The summed E-state index contributed by atoms with van der Waals surface area (Å²) in [7, 11) is 0. The molecule has 2 aromatic heterocycles. The van der Waals surface area contributed by atoms with Gasteiger partial charge in [-0.1, -0.05) is 25.1 Å². The number of carbonyl (C=O) groups is 2. The zero-order valence-corrected chi connectivity index (χ0v) is 19.9. The number of anilines is 1. The van der Waals surface area contributed by atoms with Crippen molar-refractivity contribution in [3.63, 3.8) is 0 Å². The van der Waals surface area contributed by atoms with Crippen molar-refractivity contribution in [1.29, 1.82) is 5.26 Å². The van der Waals surface area contributed by atoms with E-state index in [0.29, 0.717) is 17.7 Å². The van der Waals surface area contributed by atoms with Crippen LogP contribution in [0.1, 0.15) is 44.6 Å². The summed E-state index contributed by atoms with van der Waals surface area (Å²) in [6.45, 7) is 3.86. The number of para-hydroxylation sites is 1. The summed E-state index contributed by atoms with van der Waals surface area (Å²) < 4.78 is 6.69. The molecule has 2 aromatic carbocycles. The smallest absolute Gasteiger partial charge is 0.316 e. The highest BCUT2D eigenvalue weighted by atomic mass is 32.1. The maximum atomic E-state index is 12.7. The largest absolute Gasteiger partial charge is 0.456 e. The van der Waals surface area contributed by atoms with Gasteiger partial charge in [0.05, 0.1) is 21.8 Å². The molecule has 35 heavy (non-hydrogen) atoms. The number of rotatable bonds is 8. The molecule has 1 atom stereocenters. The molecule has 0 radical (unpaired) electrons. The Hall–Kier alpha value is -4.36. The molecule has 0 fully saturated rings. The maximum Gasteiger partial charge on any atom is 0.316 e. The predicted molar refractivity (Wildman–Crippen MR) is 132 cm³/mol. The monoisotopic (exact) mass is 486 g/mol. The molecule has 0 saturated heterocycles. The van der Waals surface area contributed by atoms with Gasteiger partial charge in [-0.3, -0.25) is 9.59 Å². The lowest BCUT2D eigenvalue weighted by atomic mass is 10.1. The summed E-state index contributed by atoms with van der Waals surface area (Å²) >= 11 is 1.54. The minimum atomic E-state index is -0.575. The number of fused-ring (bicyclic) bond motifs is 1. The molecule has 1 unspecified atom stereocenters. The lowest BCUT2D eigenvalue weighted by Gasteiger charge is -2.12. The van der Waals surface area contributed by atoms with Crippen LogP contribution in [-0.2, 0) is 6.61 Å². The Morgan fingerprint density at radius 1 is 1.11 bits per heavy atom. The van der Waals surface area contributed by atoms with Gasteiger partial charge in [-0.05, 0) is 43.2 Å². The third-order valence-corrected chi connectivity index (χ3v) is 6.18. The van der Waals surface area contributed by atoms with Gasteiger partial charge in [0.15, 0.2) is 0 Å². The van der Waals surface area contributed by atoms with Crippen LogP contribution in [-0.4, -0.2) is 32.8 Å². The highest BCUT2D eigenvalue weighted by molar-refractivity contribution is 7.18. The van der Waals surface area contributed by atoms with E-state index >= 15 is 0 Å². The van der Waals surface area contributed by atoms with Gasteiger partial charge in [0.1, 0.15) is 17.7 Å². The molecular weight excluding hydrogens is 464 g/mol. The first-order chi connectivity index (χ1) is 17.0. The Morgan fingerprint density at radius 3 is 2.60 bits per heavy atom. The number of hydrogen-bond donors (Lipinski definition) is 2. The number of nitriles is 1. The quantitative estimate of drug-likeness (QED) is 0.381. The van der Waals surface area contributed by atoms with Crippen molar-refractivity contribution >= 4 is 39.1 Å². The van der Waals surface area contributed by atoms with Crippen molar-refractivity contribution in [2.75, 3.05) is 5.32 Å². The summed E-state index contributed by atoms with van der Waals surface area (Å²) in [5.41, 5.74) is 2.75. The molecule has 10 heteroatoms. The third kappa shape index (κ3) is 5.77. The van der Waals surface area contributed by atoms with Crippen LogP contribution >= 0.6 is 11.3 Å². The Balaban J connectivity index is 1.39. The van der Waals surface area contributed by atoms with Gasteiger partial charge in [-0.25, -0.2) is 15.0 Å². The van der Waals surface area contributed by atoms with E-state index in [1.807, 2.05) is 44.2 Å². The Morgan fingerprint density at radius 2 is 1.89 bits per heavy atom. The molecule has 4 aromatic rings. The molecule has 0 saturated carbocycles. The van der Waals surface area contributed by atoms with Crippen molar-refractivity contribution < 1.29 is 14.3 Å². The van der Waals surface area contributed by atoms with E-state index in [9.17, 15) is 9.59 Å². The third-order valence-electron chi connectivity index (χ3n) is 5.17. The van der Waals surface area contributed by atoms with Crippen LogP contribution in [0.5, 0.6) is 6.01 Å². The number of nitrogens with zero attached hydrogens (tertiary/aromatic N) is 4. The van der Waals surface area contributed by atoms with E-state index in [2.05, 4.69) is 25.6 Å². The zero-order valence-electron chi connectivity index (χ0n) is 19.1. The van der Waals surface area contributed by atoms with E-state index < -0.39 is 11.9 Å². The second kappa shape index (κ2) is 10.7. The molecule has 0 spiro atoms. The highest BCUT2D eigenvalue weighted by Gasteiger charge is 2.15. The second-order valence-corrected chi connectivity index (χ2v) is 8.78. The molecule has 9 nitrogen and oxygen atoms in total. The van der Waals surface area contributed by atoms with Gasteiger partial charge < -0.3 is 15.4 Å². The SMILES string of the molecule is CCC(C#N)NC(=O)c1ccc(C)c(NC(=O)c2cnc(OCc3nc4ccccc4s3)nc2)c1. The summed E-state index contributed by atoms with van der Waals surface area (Å²) in [4.78, 5) is 37.9. The minimum absolute atomic E-state index is 0.138. The van der Waals surface area contributed by atoms with Crippen LogP contribution in [0.2, 0.25) is 0 Å². The zero-order chi connectivity index (χ0) is 24.8. The number of thiazole rings is 1. The van der Waals surface area contributed by atoms with E-state index in [1.165, 1.54) is 23.7 Å². The molecule has 176 valence electrons. The summed E-state index contributed by atoms with van der Waals surface area (Å²) in [5, 5.41) is 15.3. The van der Waals surface area contributed by atoms with E-state index in [4.69, 9.17) is 10.00 Å². The summed E-state index contributed by atoms with van der Waals surface area (Å²) in [6.07, 6.45) is 3.25. The number of carbonyl (C=O) groups excluding carboxylic acids is 2. The number of aromatic nitrogens is 3. The molecule has 2 N–H and O–H groups in total. The van der Waals surface area contributed by atoms with Crippen LogP contribution in [0.25, 0.3) is 10.2 Å². The van der Waals surface area contributed by atoms with Crippen molar-refractivity contribution in [1.82, 2.24) is 20.3 Å². The topological polar surface area (TPSA) is 130 Å². The van der Waals surface area contributed by atoms with Crippen LogP contribution in [0.3, 0.4) is 0 Å². The van der Waals surface area contributed by atoms with Crippen molar-refractivity contribution in [2.45, 2.75) is 32.9 Å². The van der Waals surface area contributed by atoms with Gasteiger partial charge >= 0.3 is 6.01 Å². The number of benzene rings is 2. The average Bonchev–Trinajstić information content (AvgIpc) is 3.30. The molecule has 2 amide bonds. The molecular formula is C25H22N6O3S. The first kappa shape index (κ1) is 23.8. The van der Waals surface area contributed by atoms with Crippen LogP contribution in [0, 0.1) is 18.3 Å². The number of nitrogens with one attached hydrogen (secondary N) is 2. The van der Waals surface area contributed by atoms with Gasteiger partial charge in [-0.2, -0.15) is 5.26 Å². The summed E-state index contributed by atoms with van der Waals surface area (Å²) in [5.74, 6) is -0.807. The fourth-order valence-corrected chi connectivity index (χ4v) is 4.06. The van der Waals surface area contributed by atoms with E-state index in [1.54, 1.807) is 18.2 Å². The number of ether oxygens (including phenoxy) is 1. The lowest BCUT2D eigenvalue weighted by Crippen LogP contribution is -2.33. The molecule has 0 aliphatic heterocycles. The van der Waals surface area contributed by atoms with Crippen LogP contribution in [0.4, 0.5) is 5.69 Å². The predicted octanol–water partition coefficient (Wildman–Crippen LogP) is 4.26.